The Labute approximate surface area is 231 Å². The molecule has 0 bridgehead atoms. The van der Waals surface area contributed by atoms with Gasteiger partial charge in [0.1, 0.15) is 5.82 Å². The van der Waals surface area contributed by atoms with Crippen LogP contribution in [0.4, 0.5) is 15.8 Å². The van der Waals surface area contributed by atoms with E-state index in [1.807, 2.05) is 33.4 Å². The molecule has 0 saturated carbocycles. The molecule has 3 aromatic rings. The number of anilines is 2. The lowest BCUT2D eigenvalue weighted by molar-refractivity contribution is 0.0761. The Kier molecular flexibility index (Phi) is 8.53. The molecule has 2 aliphatic rings. The summed E-state index contributed by atoms with van der Waals surface area (Å²) in [4.78, 5) is 45.9. The molecule has 3 amide bonds. The summed E-state index contributed by atoms with van der Waals surface area (Å²) in [6, 6.07) is 14.6. The standard InChI is InChI=1S/C29H32FN5O3S/c30-23-6-1-5-21(19-23)27(36)32-24-20-22(28(37)34-12-3-10-31-11-15-34)8-9-25(24)33-13-4-14-35(17-16-33)29(38)26-7-2-18-39-26/h1-2,5-9,18-20,31H,3-4,10-17H2,(H,32,36). The molecule has 0 atom stereocenters. The van der Waals surface area contributed by atoms with E-state index in [1.165, 1.54) is 29.5 Å². The molecule has 2 N–H and O–H groups in total. The number of thiophene rings is 1. The van der Waals surface area contributed by atoms with Gasteiger partial charge in [-0.1, -0.05) is 12.1 Å². The van der Waals surface area contributed by atoms with Crippen molar-refractivity contribution in [3.05, 3.63) is 81.8 Å². The number of benzene rings is 2. The van der Waals surface area contributed by atoms with Crippen molar-refractivity contribution in [2.45, 2.75) is 12.8 Å². The molecule has 2 saturated heterocycles. The van der Waals surface area contributed by atoms with Crippen LogP contribution >= 0.6 is 11.3 Å². The summed E-state index contributed by atoms with van der Waals surface area (Å²) in [6.07, 6.45) is 1.64. The average Bonchev–Trinajstić information content (AvgIpc) is 3.19. The van der Waals surface area contributed by atoms with Crippen LogP contribution in [0.2, 0.25) is 0 Å². The second-order valence-electron chi connectivity index (χ2n) is 9.70. The summed E-state index contributed by atoms with van der Waals surface area (Å²) in [7, 11) is 0. The maximum absolute atomic E-state index is 13.8. The van der Waals surface area contributed by atoms with E-state index in [9.17, 15) is 18.8 Å². The molecule has 0 radical (unpaired) electrons. The van der Waals surface area contributed by atoms with Gasteiger partial charge in [0, 0.05) is 56.9 Å². The molecule has 8 nitrogen and oxygen atoms in total. The third kappa shape index (κ3) is 6.46. The summed E-state index contributed by atoms with van der Waals surface area (Å²) in [5.41, 5.74) is 1.93. The second-order valence-corrected chi connectivity index (χ2v) is 10.6. The summed E-state index contributed by atoms with van der Waals surface area (Å²) < 4.78 is 13.8. The quantitative estimate of drug-likeness (QED) is 0.504. The molecular formula is C29H32FN5O3S. The number of hydrogen-bond donors (Lipinski definition) is 2. The Morgan fingerprint density at radius 3 is 2.46 bits per heavy atom. The maximum Gasteiger partial charge on any atom is 0.263 e. The fourth-order valence-electron chi connectivity index (χ4n) is 5.02. The predicted molar refractivity (Wildman–Crippen MR) is 151 cm³/mol. The highest BCUT2D eigenvalue weighted by molar-refractivity contribution is 7.12. The molecule has 2 aromatic carbocycles. The van der Waals surface area contributed by atoms with Crippen LogP contribution in [0.5, 0.6) is 0 Å². The van der Waals surface area contributed by atoms with Gasteiger partial charge >= 0.3 is 0 Å². The van der Waals surface area contributed by atoms with Gasteiger partial charge in [0.2, 0.25) is 0 Å². The maximum atomic E-state index is 13.8. The van der Waals surface area contributed by atoms with Crippen LogP contribution in [0.15, 0.2) is 60.0 Å². The Hall–Kier alpha value is -3.76. The van der Waals surface area contributed by atoms with Crippen molar-refractivity contribution in [3.63, 3.8) is 0 Å². The van der Waals surface area contributed by atoms with Crippen molar-refractivity contribution < 1.29 is 18.8 Å². The average molecular weight is 550 g/mol. The highest BCUT2D eigenvalue weighted by atomic mass is 32.1. The third-order valence-corrected chi connectivity index (χ3v) is 7.92. The van der Waals surface area contributed by atoms with Crippen LogP contribution in [-0.2, 0) is 0 Å². The molecule has 0 unspecified atom stereocenters. The van der Waals surface area contributed by atoms with Crippen molar-refractivity contribution in [2.24, 2.45) is 0 Å². The zero-order valence-electron chi connectivity index (χ0n) is 21.7. The normalized spacial score (nSPS) is 16.4. The summed E-state index contributed by atoms with van der Waals surface area (Å²) in [5, 5.41) is 8.13. The van der Waals surface area contributed by atoms with Gasteiger partial charge in [-0.25, -0.2) is 4.39 Å². The number of hydrogen-bond acceptors (Lipinski definition) is 6. The van der Waals surface area contributed by atoms with Gasteiger partial charge in [0.25, 0.3) is 17.7 Å². The van der Waals surface area contributed by atoms with Gasteiger partial charge in [0.15, 0.2) is 0 Å². The lowest BCUT2D eigenvalue weighted by Crippen LogP contribution is -2.35. The van der Waals surface area contributed by atoms with Crippen LogP contribution in [0.3, 0.4) is 0 Å². The van der Waals surface area contributed by atoms with Crippen LogP contribution in [0.1, 0.15) is 43.2 Å². The van der Waals surface area contributed by atoms with Crippen molar-refractivity contribution in [1.29, 1.82) is 0 Å². The third-order valence-electron chi connectivity index (χ3n) is 7.06. The summed E-state index contributed by atoms with van der Waals surface area (Å²) >= 11 is 1.44. The van der Waals surface area contributed by atoms with E-state index in [2.05, 4.69) is 15.5 Å². The first-order chi connectivity index (χ1) is 19.0. The minimum Gasteiger partial charge on any atom is -0.368 e. The number of nitrogens with one attached hydrogen (secondary N) is 2. The van der Waals surface area contributed by atoms with Crippen molar-refractivity contribution in [1.82, 2.24) is 15.1 Å². The highest BCUT2D eigenvalue weighted by Gasteiger charge is 2.25. The Morgan fingerprint density at radius 1 is 0.795 bits per heavy atom. The zero-order valence-corrected chi connectivity index (χ0v) is 22.5. The van der Waals surface area contributed by atoms with E-state index in [0.29, 0.717) is 50.5 Å². The molecule has 10 heteroatoms. The fourth-order valence-corrected chi connectivity index (χ4v) is 5.71. The first kappa shape index (κ1) is 26.8. The molecule has 204 valence electrons. The van der Waals surface area contributed by atoms with Crippen LogP contribution in [0, 0.1) is 5.82 Å². The number of rotatable bonds is 5. The highest BCUT2D eigenvalue weighted by Crippen LogP contribution is 2.30. The molecule has 3 heterocycles. The van der Waals surface area contributed by atoms with Gasteiger partial charge in [-0.05, 0) is 67.2 Å². The summed E-state index contributed by atoms with van der Waals surface area (Å²) in [5.74, 6) is -1.01. The minimum absolute atomic E-state index is 0.0272. The van der Waals surface area contributed by atoms with Gasteiger partial charge in [-0.2, -0.15) is 0 Å². The van der Waals surface area contributed by atoms with Crippen LogP contribution in [0.25, 0.3) is 0 Å². The van der Waals surface area contributed by atoms with Crippen LogP contribution in [-0.4, -0.2) is 79.9 Å². The first-order valence-corrected chi connectivity index (χ1v) is 14.2. The molecule has 0 spiro atoms. The number of carbonyl (C=O) groups excluding carboxylic acids is 3. The van der Waals surface area contributed by atoms with E-state index < -0.39 is 11.7 Å². The smallest absolute Gasteiger partial charge is 0.263 e. The molecule has 2 fully saturated rings. The molecular weight excluding hydrogens is 517 g/mol. The first-order valence-electron chi connectivity index (χ1n) is 13.3. The fraction of sp³-hybridized carbons (Fsp3) is 0.345. The number of halogens is 1. The Morgan fingerprint density at radius 2 is 1.64 bits per heavy atom. The molecule has 0 aliphatic carbocycles. The van der Waals surface area contributed by atoms with E-state index in [4.69, 9.17) is 0 Å². The van der Waals surface area contributed by atoms with E-state index in [0.717, 1.165) is 36.5 Å². The van der Waals surface area contributed by atoms with Gasteiger partial charge in [-0.3, -0.25) is 14.4 Å². The molecule has 5 rings (SSSR count). The number of amides is 3. The molecule has 2 aliphatic heterocycles. The van der Waals surface area contributed by atoms with E-state index in [-0.39, 0.29) is 17.4 Å². The monoisotopic (exact) mass is 549 g/mol. The van der Waals surface area contributed by atoms with Gasteiger partial charge in [-0.15, -0.1) is 11.3 Å². The zero-order chi connectivity index (χ0) is 27.2. The van der Waals surface area contributed by atoms with Crippen molar-refractivity contribution >= 4 is 40.4 Å². The van der Waals surface area contributed by atoms with Crippen LogP contribution < -0.4 is 15.5 Å². The van der Waals surface area contributed by atoms with Crippen molar-refractivity contribution in [3.8, 4) is 0 Å². The SMILES string of the molecule is O=C(Nc1cc(C(=O)N2CCCNCC2)ccc1N1CCCN(C(=O)c2cccs2)CC1)c1cccc(F)c1. The lowest BCUT2D eigenvalue weighted by Gasteiger charge is -2.27. The number of nitrogens with zero attached hydrogens (tertiary/aromatic N) is 3. The Bertz CT molecular complexity index is 1320. The van der Waals surface area contributed by atoms with Gasteiger partial charge in [0.05, 0.1) is 16.3 Å². The predicted octanol–water partition coefficient (Wildman–Crippen LogP) is 3.93. The topological polar surface area (TPSA) is 85.0 Å². The second kappa shape index (κ2) is 12.4. The minimum atomic E-state index is -0.496. The molecule has 1 aromatic heterocycles. The lowest BCUT2D eigenvalue weighted by atomic mass is 10.1. The van der Waals surface area contributed by atoms with Gasteiger partial charge < -0.3 is 25.3 Å². The van der Waals surface area contributed by atoms with E-state index >= 15 is 0 Å². The van der Waals surface area contributed by atoms with E-state index in [1.54, 1.807) is 18.2 Å². The van der Waals surface area contributed by atoms with Crippen molar-refractivity contribution in [2.75, 3.05) is 62.6 Å². The Balaban J connectivity index is 1.40. The summed E-state index contributed by atoms with van der Waals surface area (Å²) in [6.45, 7) is 5.32. The largest absolute Gasteiger partial charge is 0.368 e. The number of carbonyl (C=O) groups is 3. The molecule has 39 heavy (non-hydrogen) atoms.